The van der Waals surface area contributed by atoms with E-state index < -0.39 is 0 Å². The summed E-state index contributed by atoms with van der Waals surface area (Å²) in [5, 5.41) is 3.01. The van der Waals surface area contributed by atoms with Crippen molar-refractivity contribution in [3.05, 3.63) is 82.9 Å². The van der Waals surface area contributed by atoms with Crippen LogP contribution in [0.5, 0.6) is 0 Å². The van der Waals surface area contributed by atoms with Crippen molar-refractivity contribution in [2.24, 2.45) is 0 Å². The van der Waals surface area contributed by atoms with Gasteiger partial charge in [-0.3, -0.25) is 9.89 Å². The number of rotatable bonds is 5. The number of H-pyrrole nitrogens is 1. The minimum absolute atomic E-state index is 0.0819. The second-order valence-corrected chi connectivity index (χ2v) is 7.82. The molecule has 0 amide bonds. The molecule has 26 heavy (non-hydrogen) atoms. The highest BCUT2D eigenvalue weighted by molar-refractivity contribution is 7.99. The van der Waals surface area contributed by atoms with Gasteiger partial charge in [0.1, 0.15) is 0 Å². The smallest absolute Gasteiger partial charge is 0.272 e. The van der Waals surface area contributed by atoms with Gasteiger partial charge in [0.2, 0.25) is 0 Å². The Morgan fingerprint density at radius 1 is 1.04 bits per heavy atom. The van der Waals surface area contributed by atoms with Gasteiger partial charge in [0.25, 0.3) is 5.56 Å². The van der Waals surface area contributed by atoms with Gasteiger partial charge in [-0.05, 0) is 36.1 Å². The fraction of sp³-hybridized carbons (Fsp3) is 0.100. The van der Waals surface area contributed by atoms with Crippen LogP contribution in [0.4, 0.5) is 0 Å². The number of benzene rings is 2. The van der Waals surface area contributed by atoms with E-state index in [0.717, 1.165) is 22.6 Å². The molecule has 2 heterocycles. The first-order valence-corrected chi connectivity index (χ1v) is 10.4. The number of aromatic nitrogens is 3. The van der Waals surface area contributed by atoms with Gasteiger partial charge in [-0.25, -0.2) is 9.50 Å². The SMILES string of the molecule is CSCc1cc(=O)n2[nH]cc(-c3ccc(Sc4ccccc4)cc3)c2n1. The number of aromatic amines is 1. The molecule has 0 radical (unpaired) electrons. The van der Waals surface area contributed by atoms with E-state index in [9.17, 15) is 4.79 Å². The molecular weight excluding hydrogens is 362 g/mol. The van der Waals surface area contributed by atoms with Crippen LogP contribution in [0.2, 0.25) is 0 Å². The lowest BCUT2D eigenvalue weighted by molar-refractivity contribution is 0.888. The number of fused-ring (bicyclic) bond motifs is 1. The number of thioether (sulfide) groups is 1. The lowest BCUT2D eigenvalue weighted by Crippen LogP contribution is -2.15. The maximum absolute atomic E-state index is 12.3. The predicted molar refractivity (Wildman–Crippen MR) is 109 cm³/mol. The van der Waals surface area contributed by atoms with Gasteiger partial charge in [-0.1, -0.05) is 42.1 Å². The third-order valence-corrected chi connectivity index (χ3v) is 5.59. The third-order valence-electron chi connectivity index (χ3n) is 3.99. The Bertz CT molecular complexity index is 1090. The molecular formula is C20H17N3OS2. The zero-order valence-electron chi connectivity index (χ0n) is 14.2. The van der Waals surface area contributed by atoms with Crippen molar-refractivity contribution in [2.75, 3.05) is 6.26 Å². The van der Waals surface area contributed by atoms with Crippen LogP contribution in [0.15, 0.2) is 81.4 Å². The number of hydrogen-bond donors (Lipinski definition) is 1. The van der Waals surface area contributed by atoms with Gasteiger partial charge < -0.3 is 0 Å². The van der Waals surface area contributed by atoms with Crippen LogP contribution in [0, 0.1) is 0 Å². The maximum atomic E-state index is 12.3. The van der Waals surface area contributed by atoms with E-state index in [1.165, 1.54) is 14.3 Å². The van der Waals surface area contributed by atoms with Gasteiger partial charge in [-0.15, -0.1) is 0 Å². The van der Waals surface area contributed by atoms with E-state index in [1.54, 1.807) is 29.6 Å². The molecule has 0 spiro atoms. The van der Waals surface area contributed by atoms with Gasteiger partial charge in [0.15, 0.2) is 5.65 Å². The summed E-state index contributed by atoms with van der Waals surface area (Å²) in [5.74, 6) is 0.725. The predicted octanol–water partition coefficient (Wildman–Crippen LogP) is 4.70. The quantitative estimate of drug-likeness (QED) is 0.546. The minimum Gasteiger partial charge on any atom is -0.296 e. The molecule has 0 aliphatic heterocycles. The molecule has 130 valence electrons. The zero-order chi connectivity index (χ0) is 17.9. The second kappa shape index (κ2) is 7.43. The average molecular weight is 380 g/mol. The fourth-order valence-corrected chi connectivity index (χ4v) is 4.07. The van der Waals surface area contributed by atoms with Crippen molar-refractivity contribution in [2.45, 2.75) is 15.5 Å². The van der Waals surface area contributed by atoms with Crippen LogP contribution < -0.4 is 5.56 Å². The van der Waals surface area contributed by atoms with E-state index in [4.69, 9.17) is 0 Å². The highest BCUT2D eigenvalue weighted by Crippen LogP contribution is 2.30. The van der Waals surface area contributed by atoms with E-state index in [2.05, 4.69) is 46.5 Å². The highest BCUT2D eigenvalue weighted by Gasteiger charge is 2.11. The number of nitrogens with one attached hydrogen (secondary N) is 1. The summed E-state index contributed by atoms with van der Waals surface area (Å²) in [7, 11) is 0. The number of hydrogen-bond acceptors (Lipinski definition) is 4. The van der Waals surface area contributed by atoms with Crippen LogP contribution in [-0.4, -0.2) is 20.9 Å². The van der Waals surface area contributed by atoms with Crippen molar-refractivity contribution in [1.29, 1.82) is 0 Å². The van der Waals surface area contributed by atoms with Crippen molar-refractivity contribution >= 4 is 29.2 Å². The molecule has 6 heteroatoms. The van der Waals surface area contributed by atoms with Gasteiger partial charge in [0.05, 0.1) is 5.69 Å². The van der Waals surface area contributed by atoms with E-state index in [-0.39, 0.29) is 5.56 Å². The molecule has 0 bridgehead atoms. The first kappa shape index (κ1) is 17.0. The molecule has 0 aliphatic carbocycles. The Balaban J connectivity index is 1.68. The van der Waals surface area contributed by atoms with Crippen molar-refractivity contribution < 1.29 is 0 Å². The molecule has 0 unspecified atom stereocenters. The van der Waals surface area contributed by atoms with Crippen LogP contribution in [0.25, 0.3) is 16.8 Å². The highest BCUT2D eigenvalue weighted by atomic mass is 32.2. The summed E-state index contributed by atoms with van der Waals surface area (Å²) in [6.45, 7) is 0. The third kappa shape index (κ3) is 3.43. The molecule has 2 aromatic heterocycles. The topological polar surface area (TPSA) is 50.2 Å². The van der Waals surface area contributed by atoms with Crippen LogP contribution >= 0.6 is 23.5 Å². The molecule has 4 rings (SSSR count). The Morgan fingerprint density at radius 2 is 1.77 bits per heavy atom. The van der Waals surface area contributed by atoms with E-state index >= 15 is 0 Å². The summed E-state index contributed by atoms with van der Waals surface area (Å²) in [6, 6.07) is 20.2. The van der Waals surface area contributed by atoms with E-state index in [1.807, 2.05) is 30.7 Å². The molecule has 2 aromatic carbocycles. The Kier molecular flexibility index (Phi) is 4.86. The molecule has 0 saturated heterocycles. The summed E-state index contributed by atoms with van der Waals surface area (Å²) in [6.07, 6.45) is 3.84. The van der Waals surface area contributed by atoms with Crippen molar-refractivity contribution in [1.82, 2.24) is 14.6 Å². The molecule has 1 N–H and O–H groups in total. The Hall–Kier alpha value is -2.44. The average Bonchev–Trinajstić information content (AvgIpc) is 3.08. The van der Waals surface area contributed by atoms with Gasteiger partial charge in [0, 0.05) is 33.4 Å². The largest absolute Gasteiger partial charge is 0.296 e. The zero-order valence-corrected chi connectivity index (χ0v) is 15.8. The summed E-state index contributed by atoms with van der Waals surface area (Å²) in [4.78, 5) is 19.3. The van der Waals surface area contributed by atoms with Gasteiger partial charge >= 0.3 is 0 Å². The number of nitrogens with zero attached hydrogens (tertiary/aromatic N) is 2. The van der Waals surface area contributed by atoms with Crippen LogP contribution in [-0.2, 0) is 5.75 Å². The summed E-state index contributed by atoms with van der Waals surface area (Å²) >= 11 is 3.38. The molecule has 0 fully saturated rings. The molecule has 0 atom stereocenters. The summed E-state index contributed by atoms with van der Waals surface area (Å²) in [5.41, 5.74) is 3.36. The van der Waals surface area contributed by atoms with Gasteiger partial charge in [-0.2, -0.15) is 11.8 Å². The maximum Gasteiger partial charge on any atom is 0.272 e. The first-order chi connectivity index (χ1) is 12.7. The molecule has 0 aliphatic rings. The first-order valence-electron chi connectivity index (χ1n) is 8.17. The van der Waals surface area contributed by atoms with Crippen LogP contribution in [0.1, 0.15) is 5.69 Å². The van der Waals surface area contributed by atoms with Crippen LogP contribution in [0.3, 0.4) is 0 Å². The lowest BCUT2D eigenvalue weighted by Gasteiger charge is -2.04. The minimum atomic E-state index is -0.0819. The lowest BCUT2D eigenvalue weighted by atomic mass is 10.1. The van der Waals surface area contributed by atoms with Crippen molar-refractivity contribution in [3.63, 3.8) is 0 Å². The normalized spacial score (nSPS) is 11.1. The second-order valence-electron chi connectivity index (χ2n) is 5.80. The molecule has 4 nitrogen and oxygen atoms in total. The van der Waals surface area contributed by atoms with Crippen molar-refractivity contribution in [3.8, 4) is 11.1 Å². The molecule has 0 saturated carbocycles. The standard InChI is InChI=1S/C20H17N3OS2/c1-25-13-15-11-19(24)23-20(22-15)18(12-21-23)14-7-9-17(10-8-14)26-16-5-3-2-4-6-16/h2-12,21H,13H2,1H3. The Morgan fingerprint density at radius 3 is 2.50 bits per heavy atom. The summed E-state index contributed by atoms with van der Waals surface area (Å²) < 4.78 is 1.49. The molecule has 4 aromatic rings. The fourth-order valence-electron chi connectivity index (χ4n) is 2.79. The Labute approximate surface area is 159 Å². The van der Waals surface area contributed by atoms with E-state index in [0.29, 0.717) is 5.65 Å². The monoisotopic (exact) mass is 379 g/mol.